The zero-order valence-electron chi connectivity index (χ0n) is 19.7. The van der Waals surface area contributed by atoms with Crippen LogP contribution in [-0.4, -0.2) is 25.0 Å². The number of aryl methyl sites for hydroxylation is 1. The summed E-state index contributed by atoms with van der Waals surface area (Å²) in [6, 6.07) is 22.7. The highest BCUT2D eigenvalue weighted by molar-refractivity contribution is 5.98. The summed E-state index contributed by atoms with van der Waals surface area (Å²) in [5, 5.41) is 0.850. The van der Waals surface area contributed by atoms with Crippen LogP contribution in [0.4, 0.5) is 5.69 Å². The number of likely N-dealkylation sites (N-methyl/N-ethyl adjacent to an activating group) is 1. The molecule has 0 fully saturated rings. The lowest BCUT2D eigenvalue weighted by atomic mass is 10.1. The molecule has 0 aliphatic heterocycles. The Morgan fingerprint density at radius 1 is 0.971 bits per heavy atom. The second-order valence-corrected chi connectivity index (χ2v) is 8.17. The summed E-state index contributed by atoms with van der Waals surface area (Å²) in [5.74, 6) is -0.347. The van der Waals surface area contributed by atoms with Crippen LogP contribution in [0.5, 0.6) is 5.75 Å². The fourth-order valence-corrected chi connectivity index (χ4v) is 3.63. The average molecular weight is 472 g/mol. The first-order valence-corrected chi connectivity index (χ1v) is 11.1. The molecule has 0 N–H and O–H groups in total. The van der Waals surface area contributed by atoms with Crippen LogP contribution in [0.25, 0.3) is 11.0 Å². The first-order chi connectivity index (χ1) is 16.8. The summed E-state index contributed by atoms with van der Waals surface area (Å²) in [6.07, 6.45) is -0.938. The Morgan fingerprint density at radius 2 is 1.69 bits per heavy atom. The van der Waals surface area contributed by atoms with Crippen molar-refractivity contribution in [1.82, 2.24) is 0 Å². The van der Waals surface area contributed by atoms with E-state index >= 15 is 0 Å². The summed E-state index contributed by atoms with van der Waals surface area (Å²) in [7, 11) is 1.64. The number of carbonyl (C=O) groups is 2. The lowest BCUT2D eigenvalue weighted by Gasteiger charge is -2.21. The number of ether oxygens (including phenoxy) is 2. The number of hydrogen-bond donors (Lipinski definition) is 0. The van der Waals surface area contributed by atoms with Crippen molar-refractivity contribution in [3.63, 3.8) is 0 Å². The van der Waals surface area contributed by atoms with Crippen molar-refractivity contribution in [3.05, 3.63) is 106 Å². The predicted molar refractivity (Wildman–Crippen MR) is 133 cm³/mol. The molecule has 4 rings (SSSR count). The van der Waals surface area contributed by atoms with Gasteiger partial charge in [-0.25, -0.2) is 9.59 Å². The number of hydrogen-bond acceptors (Lipinski definition) is 6. The Morgan fingerprint density at radius 3 is 2.40 bits per heavy atom. The number of fused-ring (bicyclic) bond motifs is 1. The van der Waals surface area contributed by atoms with Crippen LogP contribution in [0.15, 0.2) is 88.1 Å². The van der Waals surface area contributed by atoms with Gasteiger partial charge in [-0.1, -0.05) is 30.3 Å². The van der Waals surface area contributed by atoms with Crippen LogP contribution in [0, 0.1) is 6.92 Å². The highest BCUT2D eigenvalue weighted by Gasteiger charge is 2.23. The molecule has 1 atom stereocenters. The number of para-hydroxylation sites is 1. The van der Waals surface area contributed by atoms with Gasteiger partial charge in [0, 0.05) is 30.3 Å². The molecule has 0 bridgehead atoms. The minimum Gasteiger partial charge on any atom is -0.489 e. The number of amides is 1. The van der Waals surface area contributed by atoms with Gasteiger partial charge in [0.2, 0.25) is 0 Å². The highest BCUT2D eigenvalue weighted by atomic mass is 16.5. The third kappa shape index (κ3) is 5.58. The second-order valence-electron chi connectivity index (χ2n) is 8.17. The predicted octanol–water partition coefficient (Wildman–Crippen LogP) is 4.89. The topological polar surface area (TPSA) is 86.0 Å². The molecule has 0 aliphatic carbocycles. The Bertz CT molecular complexity index is 1410. The minimum atomic E-state index is -0.938. The number of rotatable bonds is 7. The lowest BCUT2D eigenvalue weighted by molar-refractivity contribution is -0.126. The van der Waals surface area contributed by atoms with E-state index in [2.05, 4.69) is 0 Å². The van der Waals surface area contributed by atoms with E-state index in [9.17, 15) is 14.4 Å². The van der Waals surface area contributed by atoms with Crippen molar-refractivity contribution in [2.75, 3.05) is 11.9 Å². The quantitative estimate of drug-likeness (QED) is 0.282. The average Bonchev–Trinajstić information content (AvgIpc) is 2.87. The van der Waals surface area contributed by atoms with Crippen LogP contribution in [-0.2, 0) is 16.1 Å². The Labute approximate surface area is 202 Å². The maximum atomic E-state index is 12.6. The van der Waals surface area contributed by atoms with E-state index in [0.717, 1.165) is 16.5 Å². The van der Waals surface area contributed by atoms with Gasteiger partial charge in [0.25, 0.3) is 5.91 Å². The first kappa shape index (κ1) is 23.8. The third-order valence-electron chi connectivity index (χ3n) is 5.62. The standard InChI is InChI=1S/C28H25NO6/c1-18-15-26(30)35-25-16-23(13-14-24(18)25)33-17-20-9-11-21(12-10-20)28(32)34-19(2)27(31)29(3)22-7-5-4-6-8-22/h4-16,19H,17H2,1-3H3/t19-/m1/s1. The Kier molecular flexibility index (Phi) is 6.96. The van der Waals surface area contributed by atoms with Crippen LogP contribution in [0.1, 0.15) is 28.4 Å². The highest BCUT2D eigenvalue weighted by Crippen LogP contribution is 2.23. The molecule has 0 unspecified atom stereocenters. The van der Waals surface area contributed by atoms with E-state index in [1.165, 1.54) is 11.0 Å². The number of anilines is 1. The number of benzene rings is 3. The Hall–Kier alpha value is -4.39. The summed E-state index contributed by atoms with van der Waals surface area (Å²) in [4.78, 5) is 38.2. The van der Waals surface area contributed by atoms with Gasteiger partial charge < -0.3 is 18.8 Å². The zero-order valence-corrected chi connectivity index (χ0v) is 19.7. The second kappa shape index (κ2) is 10.3. The van der Waals surface area contributed by atoms with E-state index in [0.29, 0.717) is 22.6 Å². The van der Waals surface area contributed by atoms with Crippen molar-refractivity contribution in [2.45, 2.75) is 26.6 Å². The molecule has 1 heterocycles. The van der Waals surface area contributed by atoms with Crippen molar-refractivity contribution in [3.8, 4) is 5.75 Å². The van der Waals surface area contributed by atoms with Crippen molar-refractivity contribution in [2.24, 2.45) is 0 Å². The number of nitrogens with zero attached hydrogens (tertiary/aromatic N) is 1. The maximum absolute atomic E-state index is 12.6. The van der Waals surface area contributed by atoms with Crippen molar-refractivity contribution < 1.29 is 23.5 Å². The number of carbonyl (C=O) groups excluding carboxylic acids is 2. The fourth-order valence-electron chi connectivity index (χ4n) is 3.63. The van der Waals surface area contributed by atoms with Gasteiger partial charge in [0.05, 0.1) is 5.56 Å². The molecule has 4 aromatic rings. The molecule has 0 radical (unpaired) electrons. The summed E-state index contributed by atoms with van der Waals surface area (Å²) < 4.78 is 16.4. The molecule has 35 heavy (non-hydrogen) atoms. The zero-order chi connectivity index (χ0) is 24.9. The third-order valence-corrected chi connectivity index (χ3v) is 5.62. The Balaban J connectivity index is 1.35. The van der Waals surface area contributed by atoms with Crippen molar-refractivity contribution >= 4 is 28.5 Å². The first-order valence-electron chi connectivity index (χ1n) is 11.1. The monoisotopic (exact) mass is 471 g/mol. The van der Waals surface area contributed by atoms with E-state index in [4.69, 9.17) is 13.9 Å². The van der Waals surface area contributed by atoms with Gasteiger partial charge in [-0.2, -0.15) is 0 Å². The molecule has 178 valence electrons. The van der Waals surface area contributed by atoms with Gasteiger partial charge in [0.1, 0.15) is 17.9 Å². The van der Waals surface area contributed by atoms with Crippen LogP contribution >= 0.6 is 0 Å². The molecular formula is C28H25NO6. The number of esters is 1. The molecular weight excluding hydrogens is 446 g/mol. The smallest absolute Gasteiger partial charge is 0.338 e. The largest absolute Gasteiger partial charge is 0.489 e. The van der Waals surface area contributed by atoms with E-state index in [1.807, 2.05) is 49.4 Å². The minimum absolute atomic E-state index is 0.258. The van der Waals surface area contributed by atoms with Crippen LogP contribution in [0.3, 0.4) is 0 Å². The molecule has 1 aromatic heterocycles. The maximum Gasteiger partial charge on any atom is 0.338 e. The van der Waals surface area contributed by atoms with Gasteiger partial charge in [-0.3, -0.25) is 4.79 Å². The molecule has 0 saturated heterocycles. The van der Waals surface area contributed by atoms with Crippen LogP contribution < -0.4 is 15.3 Å². The summed E-state index contributed by atoms with van der Waals surface area (Å²) >= 11 is 0. The van der Waals surface area contributed by atoms with Gasteiger partial charge in [-0.15, -0.1) is 0 Å². The van der Waals surface area contributed by atoms with Crippen LogP contribution in [0.2, 0.25) is 0 Å². The molecule has 1 amide bonds. The van der Waals surface area contributed by atoms with Gasteiger partial charge in [-0.05, 0) is 61.4 Å². The fraction of sp³-hybridized carbons (Fsp3) is 0.179. The summed E-state index contributed by atoms with van der Waals surface area (Å²) in [6.45, 7) is 3.66. The molecule has 0 aliphatic rings. The van der Waals surface area contributed by atoms with Crippen molar-refractivity contribution in [1.29, 1.82) is 0 Å². The summed E-state index contributed by atoms with van der Waals surface area (Å²) in [5.41, 5.74) is 2.78. The van der Waals surface area contributed by atoms with E-state index < -0.39 is 17.7 Å². The molecule has 0 saturated carbocycles. The normalized spacial score (nSPS) is 11.6. The SMILES string of the molecule is Cc1cc(=O)oc2cc(OCc3ccc(C(=O)O[C@H](C)C(=O)N(C)c4ccccc4)cc3)ccc12. The molecule has 7 nitrogen and oxygen atoms in total. The van der Waals surface area contributed by atoms with Gasteiger partial charge >= 0.3 is 11.6 Å². The lowest BCUT2D eigenvalue weighted by Crippen LogP contribution is -2.37. The van der Waals surface area contributed by atoms with Gasteiger partial charge in [0.15, 0.2) is 6.10 Å². The van der Waals surface area contributed by atoms with E-state index in [-0.39, 0.29) is 12.5 Å². The molecule has 7 heteroatoms. The molecule has 3 aromatic carbocycles. The molecule has 0 spiro atoms. The van der Waals surface area contributed by atoms with E-state index in [1.54, 1.807) is 44.3 Å².